The van der Waals surface area contributed by atoms with Crippen LogP contribution in [0.25, 0.3) is 0 Å². The molecule has 0 aromatic carbocycles. The maximum atomic E-state index is 13.4. The molecule has 1 fully saturated rings. The van der Waals surface area contributed by atoms with Crippen LogP contribution in [0.4, 0.5) is 0 Å². The lowest BCUT2D eigenvalue weighted by Gasteiger charge is -2.43. The average molecular weight is 960 g/mol. The Labute approximate surface area is 401 Å². The van der Waals surface area contributed by atoms with Gasteiger partial charge in [0.05, 0.1) is 19.6 Å². The number of hydrogen-bond acceptors (Lipinski definition) is 14. The molecule has 66 heavy (non-hydrogen) atoms. The maximum Gasteiger partial charge on any atom is 0.309 e. The zero-order valence-corrected chi connectivity index (χ0v) is 41.8. The second-order valence-electron chi connectivity index (χ2n) is 17.6. The standard InChI is InChI=1S/C48H86N4O13S/c1-7-9-11-13-15-16-17-18-19-20-22-24-26-28-40(55)64-36(27-25-23-21-14-12-10-8-2)31-41(56)62-32-38-43(57)44(42(48(66)65-38)51-35(5)53)63-34(4)47(60)50-33(3)46(59)52-37(45(49)58)29-30-39(54)61-6/h33-34,36-38,42-44,48,57,66H,7-32H2,1-6H3,(H2,49,58)(H,50,60)(H,51,53)(H,52,59)/t33-,34+,36+,37-,38+,42+,43+,44+,48-/m0/s1/i/hD. The third-order valence-corrected chi connectivity index (χ3v) is 12.2. The minimum Gasteiger partial charge on any atom is -0.469 e. The van der Waals surface area contributed by atoms with Crippen LogP contribution in [-0.4, -0.2) is 114 Å². The first kappa shape index (κ1) is 58.6. The van der Waals surface area contributed by atoms with Gasteiger partial charge in [-0.15, -0.1) is 12.6 Å². The number of esters is 3. The number of nitrogens with two attached hydrogens (primary N) is 1. The Morgan fingerprint density at radius 3 is 1.79 bits per heavy atom. The van der Waals surface area contributed by atoms with E-state index in [4.69, 9.17) is 26.1 Å². The molecule has 1 aliphatic heterocycles. The van der Waals surface area contributed by atoms with E-state index in [1.807, 2.05) is 0 Å². The SMILES string of the molecule is [2H]N(C(=O)[C@@H](C)O[C@H]1[C@H](O)[C@@H](COC(=O)C[C@@H](CCCCCCCCC)OC(=O)CCCCCCCCCCCCCCC)O[C@@H](S)[C@@H]1NC(C)=O)[C@@H](C)C(=O)N[C@@H](CCC(=O)OC)C(N)=O. The first-order chi connectivity index (χ1) is 32.0. The van der Waals surface area contributed by atoms with Crippen LogP contribution >= 0.6 is 12.6 Å². The van der Waals surface area contributed by atoms with Crippen molar-refractivity contribution in [3.05, 3.63) is 0 Å². The van der Waals surface area contributed by atoms with Crippen molar-refractivity contribution < 1.29 is 63.8 Å². The third kappa shape index (κ3) is 27.4. The molecule has 9 atom stereocenters. The van der Waals surface area contributed by atoms with Gasteiger partial charge in [0.15, 0.2) is 1.41 Å². The van der Waals surface area contributed by atoms with Gasteiger partial charge >= 0.3 is 17.9 Å². The molecule has 0 aliphatic carbocycles. The number of ether oxygens (including phenoxy) is 5. The summed E-state index contributed by atoms with van der Waals surface area (Å²) in [5.41, 5.74) is 4.26. The summed E-state index contributed by atoms with van der Waals surface area (Å²) < 4.78 is 36.2. The molecule has 0 bridgehead atoms. The van der Waals surface area contributed by atoms with Crippen LogP contribution in [0.5, 0.6) is 0 Å². The number of thiol groups is 1. The lowest BCUT2D eigenvalue weighted by molar-refractivity contribution is -0.204. The molecule has 4 amide bonds. The van der Waals surface area contributed by atoms with Crippen molar-refractivity contribution in [2.75, 3.05) is 13.7 Å². The normalized spacial score (nSPS) is 20.2. The van der Waals surface area contributed by atoms with E-state index >= 15 is 0 Å². The molecule has 1 saturated heterocycles. The fraction of sp³-hybridized carbons (Fsp3) is 0.854. The Hall–Kier alpha value is -3.48. The number of carbonyl (C=O) groups is 7. The van der Waals surface area contributed by atoms with E-state index in [0.29, 0.717) is 18.2 Å². The van der Waals surface area contributed by atoms with E-state index in [0.717, 1.165) is 64.9 Å². The highest BCUT2D eigenvalue weighted by Crippen LogP contribution is 2.28. The van der Waals surface area contributed by atoms with E-state index < -0.39 is 96.3 Å². The van der Waals surface area contributed by atoms with Crippen LogP contribution in [0.15, 0.2) is 0 Å². The van der Waals surface area contributed by atoms with E-state index in [1.165, 1.54) is 85.0 Å². The van der Waals surface area contributed by atoms with E-state index in [1.54, 1.807) is 0 Å². The lowest BCUT2D eigenvalue weighted by Crippen LogP contribution is -2.64. The number of aliphatic hydroxyl groups is 1. The summed E-state index contributed by atoms with van der Waals surface area (Å²) >= 11 is 4.46. The van der Waals surface area contributed by atoms with Gasteiger partial charge in [-0.3, -0.25) is 33.6 Å². The Kier molecular flexibility index (Phi) is 32.5. The Balaban J connectivity index is 2.87. The van der Waals surface area contributed by atoms with Crippen LogP contribution in [0, 0.1) is 0 Å². The summed E-state index contributed by atoms with van der Waals surface area (Å²) in [5.74, 6) is -5.09. The Morgan fingerprint density at radius 1 is 0.742 bits per heavy atom. The van der Waals surface area contributed by atoms with Gasteiger partial charge in [-0.2, -0.15) is 0 Å². The Bertz CT molecular complexity index is 1460. The maximum absolute atomic E-state index is 13.4. The molecular weight excluding hydrogens is 873 g/mol. The van der Waals surface area contributed by atoms with Gasteiger partial charge in [-0.05, 0) is 39.5 Å². The van der Waals surface area contributed by atoms with E-state index in [-0.39, 0.29) is 31.7 Å². The van der Waals surface area contributed by atoms with Crippen LogP contribution in [-0.2, 0) is 57.2 Å². The molecule has 0 aromatic heterocycles. The van der Waals surface area contributed by atoms with Crippen molar-refractivity contribution in [3.8, 4) is 0 Å². The summed E-state index contributed by atoms with van der Waals surface area (Å²) in [6, 6.07) is -3.88. The first-order valence-corrected chi connectivity index (χ1v) is 25.3. The van der Waals surface area contributed by atoms with E-state index in [2.05, 4.69) is 41.8 Å². The Morgan fingerprint density at radius 2 is 1.27 bits per heavy atom. The van der Waals surface area contributed by atoms with Crippen molar-refractivity contribution in [1.29, 1.82) is 0 Å². The molecule has 1 aliphatic rings. The number of unbranched alkanes of at least 4 members (excludes halogenated alkanes) is 18. The van der Waals surface area contributed by atoms with Crippen LogP contribution in [0.3, 0.4) is 0 Å². The zero-order chi connectivity index (χ0) is 50.1. The molecule has 0 aromatic rings. The van der Waals surface area contributed by atoms with Crippen LogP contribution in [0.2, 0.25) is 1.41 Å². The number of carbonyl (C=O) groups excluding carboxylic acids is 7. The largest absolute Gasteiger partial charge is 0.469 e. The average Bonchev–Trinajstić information content (AvgIpc) is 3.29. The number of nitrogens with one attached hydrogen (secondary N) is 3. The number of aliphatic hydroxyl groups excluding tert-OH is 1. The van der Waals surface area contributed by atoms with Gasteiger partial charge in [0.25, 0.3) is 0 Å². The summed E-state index contributed by atoms with van der Waals surface area (Å²) in [4.78, 5) is 88.3. The fourth-order valence-electron chi connectivity index (χ4n) is 7.70. The molecule has 6 N–H and O–H groups in total. The third-order valence-electron chi connectivity index (χ3n) is 11.7. The minimum absolute atomic E-state index is 0.174. The smallest absolute Gasteiger partial charge is 0.309 e. The van der Waals surface area contributed by atoms with Gasteiger partial charge in [0, 0.05) is 19.8 Å². The summed E-state index contributed by atoms with van der Waals surface area (Å²) in [7, 11) is 1.16. The summed E-state index contributed by atoms with van der Waals surface area (Å²) in [5, 5.41) is 16.8. The second-order valence-corrected chi connectivity index (χ2v) is 18.2. The predicted octanol–water partition coefficient (Wildman–Crippen LogP) is 6.18. The van der Waals surface area contributed by atoms with Gasteiger partial charge < -0.3 is 50.5 Å². The van der Waals surface area contributed by atoms with Gasteiger partial charge in [-0.1, -0.05) is 129 Å². The molecule has 1 rings (SSSR count). The summed E-state index contributed by atoms with van der Waals surface area (Å²) in [6.07, 6.45) is 16.6. The molecule has 1 heterocycles. The predicted molar refractivity (Wildman–Crippen MR) is 254 cm³/mol. The second kappa shape index (κ2) is 36.5. The van der Waals surface area contributed by atoms with Crippen LogP contribution in [0.1, 0.15) is 195 Å². The molecule has 18 heteroatoms. The van der Waals surface area contributed by atoms with Gasteiger partial charge in [-0.25, -0.2) is 0 Å². The monoisotopic (exact) mass is 960 g/mol. The lowest BCUT2D eigenvalue weighted by atomic mass is 9.97. The molecule has 0 unspecified atom stereocenters. The highest BCUT2D eigenvalue weighted by molar-refractivity contribution is 7.80. The van der Waals surface area contributed by atoms with Crippen LogP contribution < -0.4 is 21.7 Å². The molecule has 0 saturated carbocycles. The van der Waals surface area contributed by atoms with Crippen molar-refractivity contribution >= 4 is 54.2 Å². The number of amides is 4. The van der Waals surface area contributed by atoms with Gasteiger partial charge in [0.2, 0.25) is 23.6 Å². The number of methoxy groups -OCH3 is 1. The molecular formula is C48H86N4O13S. The van der Waals surface area contributed by atoms with E-state index in [9.17, 15) is 38.7 Å². The molecule has 0 spiro atoms. The molecule has 382 valence electrons. The fourth-order valence-corrected chi connectivity index (χ4v) is 8.10. The molecule has 0 radical (unpaired) electrons. The number of rotatable bonds is 38. The number of hydrogen-bond donors (Lipinski definition) is 6. The molecule has 17 nitrogen and oxygen atoms in total. The number of primary amides is 1. The van der Waals surface area contributed by atoms with Crippen molar-refractivity contribution in [2.45, 2.75) is 249 Å². The van der Waals surface area contributed by atoms with Gasteiger partial charge in [0.1, 0.15) is 54.6 Å². The van der Waals surface area contributed by atoms with Crippen molar-refractivity contribution in [2.24, 2.45) is 5.73 Å². The van der Waals surface area contributed by atoms with Crippen molar-refractivity contribution in [1.82, 2.24) is 15.9 Å². The minimum atomic E-state index is -1.60. The first-order valence-electron chi connectivity index (χ1n) is 25.2. The summed E-state index contributed by atoms with van der Waals surface area (Å²) in [6.45, 7) is 7.65. The highest BCUT2D eigenvalue weighted by atomic mass is 32.1. The van der Waals surface area contributed by atoms with Crippen molar-refractivity contribution in [3.63, 3.8) is 0 Å². The highest BCUT2D eigenvalue weighted by Gasteiger charge is 2.47. The quantitative estimate of drug-likeness (QED) is 0.0176. The topological polar surface area (TPSA) is 248 Å². The zero-order valence-electron chi connectivity index (χ0n) is 41.9.